The first kappa shape index (κ1) is 20.8. The number of aromatic amines is 2. The number of H-pyrrole nitrogens is 2. The van der Waals surface area contributed by atoms with Gasteiger partial charge < -0.3 is 0 Å². The Bertz CT molecular complexity index is 792. The standard InChI is InChI=1S/C16H12Cl2F6N4/c17-11-5-9(15(19,20)21)7-25-13(11)27-1-2-28(4-3-27)14-12(18)6-10(8-26-14)16(22,23)24/h5-8H,1-4H2/p+2. The number of aromatic nitrogens is 2. The van der Waals surface area contributed by atoms with Crippen LogP contribution in [-0.4, -0.2) is 26.2 Å². The van der Waals surface area contributed by atoms with Crippen molar-refractivity contribution in [1.29, 1.82) is 0 Å². The van der Waals surface area contributed by atoms with E-state index in [0.29, 0.717) is 37.8 Å². The van der Waals surface area contributed by atoms with E-state index in [1.807, 2.05) is 0 Å². The van der Waals surface area contributed by atoms with Gasteiger partial charge in [0.15, 0.2) is 0 Å². The molecule has 0 aromatic carbocycles. The first-order valence-corrected chi connectivity index (χ1v) is 8.79. The number of halogens is 8. The minimum absolute atomic E-state index is 0.0672. The highest BCUT2D eigenvalue weighted by molar-refractivity contribution is 6.33. The SMILES string of the molecule is FC(F)(F)c1c[nH+]c(N2CCN(c3[nH+]cc(C(F)(F)F)cc3Cl)CC2)c(Cl)c1. The average molecular weight is 447 g/mol. The lowest BCUT2D eigenvalue weighted by molar-refractivity contribution is -0.369. The largest absolute Gasteiger partial charge is 0.419 e. The van der Waals surface area contributed by atoms with E-state index in [1.165, 1.54) is 0 Å². The Hall–Kier alpha value is -1.94. The van der Waals surface area contributed by atoms with Crippen LogP contribution < -0.4 is 19.8 Å². The highest BCUT2D eigenvalue weighted by atomic mass is 35.5. The molecule has 1 saturated heterocycles. The Morgan fingerprint density at radius 3 is 1.25 bits per heavy atom. The molecule has 2 aromatic heterocycles. The second kappa shape index (κ2) is 7.47. The molecule has 1 aliphatic heterocycles. The van der Waals surface area contributed by atoms with Crippen LogP contribution in [0.2, 0.25) is 10.0 Å². The van der Waals surface area contributed by atoms with Gasteiger partial charge in [0.05, 0.1) is 11.1 Å². The number of nitrogens with zero attached hydrogens (tertiary/aromatic N) is 2. The molecule has 3 heterocycles. The van der Waals surface area contributed by atoms with Gasteiger partial charge in [-0.25, -0.2) is 9.97 Å². The molecule has 12 heteroatoms. The summed E-state index contributed by atoms with van der Waals surface area (Å²) < 4.78 is 76.4. The summed E-state index contributed by atoms with van der Waals surface area (Å²) in [5.74, 6) is 0.689. The third-order valence-electron chi connectivity index (χ3n) is 4.31. The normalized spacial score (nSPS) is 15.9. The van der Waals surface area contributed by atoms with Crippen LogP contribution in [0.4, 0.5) is 38.0 Å². The van der Waals surface area contributed by atoms with Crippen LogP contribution in [0.1, 0.15) is 11.1 Å². The fourth-order valence-electron chi connectivity index (χ4n) is 2.89. The van der Waals surface area contributed by atoms with E-state index in [9.17, 15) is 26.3 Å². The summed E-state index contributed by atoms with van der Waals surface area (Å²) >= 11 is 12.0. The Morgan fingerprint density at radius 1 is 0.679 bits per heavy atom. The van der Waals surface area contributed by atoms with Gasteiger partial charge in [0, 0.05) is 0 Å². The lowest BCUT2D eigenvalue weighted by atomic mass is 10.2. The summed E-state index contributed by atoms with van der Waals surface area (Å²) in [6.07, 6.45) is -7.33. The van der Waals surface area contributed by atoms with E-state index in [1.54, 1.807) is 9.80 Å². The molecule has 0 unspecified atom stereocenters. The molecular formula is C16H14Cl2F6N4+2. The second-order valence-electron chi connectivity index (χ2n) is 6.14. The van der Waals surface area contributed by atoms with Gasteiger partial charge in [-0.1, -0.05) is 23.2 Å². The molecule has 152 valence electrons. The quantitative estimate of drug-likeness (QED) is 0.653. The second-order valence-corrected chi connectivity index (χ2v) is 6.95. The molecule has 1 aliphatic rings. The molecule has 2 aromatic rings. The fourth-order valence-corrected chi connectivity index (χ4v) is 3.47. The van der Waals surface area contributed by atoms with Crippen LogP contribution in [0.5, 0.6) is 0 Å². The van der Waals surface area contributed by atoms with E-state index < -0.39 is 23.5 Å². The van der Waals surface area contributed by atoms with Crippen LogP contribution in [0.3, 0.4) is 0 Å². The van der Waals surface area contributed by atoms with Crippen LogP contribution in [0.15, 0.2) is 24.5 Å². The molecule has 0 spiro atoms. The number of nitrogens with one attached hydrogen (secondary N) is 2. The van der Waals surface area contributed by atoms with Gasteiger partial charge in [0.25, 0.3) is 11.6 Å². The van der Waals surface area contributed by atoms with Gasteiger partial charge in [-0.15, -0.1) is 0 Å². The number of alkyl halides is 6. The molecule has 4 nitrogen and oxygen atoms in total. The number of hydrogen-bond acceptors (Lipinski definition) is 2. The van der Waals surface area contributed by atoms with Crippen LogP contribution in [0, 0.1) is 0 Å². The molecule has 2 N–H and O–H groups in total. The number of pyridine rings is 2. The van der Waals surface area contributed by atoms with E-state index >= 15 is 0 Å². The van der Waals surface area contributed by atoms with Gasteiger partial charge >= 0.3 is 12.4 Å². The third-order valence-corrected chi connectivity index (χ3v) is 4.89. The summed E-state index contributed by atoms with van der Waals surface area (Å²) in [6, 6.07) is 1.69. The third kappa shape index (κ3) is 4.38. The zero-order valence-electron chi connectivity index (χ0n) is 14.1. The smallest absolute Gasteiger partial charge is 0.252 e. The van der Waals surface area contributed by atoms with Gasteiger partial charge in [0.1, 0.15) is 48.6 Å². The molecule has 28 heavy (non-hydrogen) atoms. The van der Waals surface area contributed by atoms with Gasteiger partial charge in [-0.2, -0.15) is 26.3 Å². The number of anilines is 2. The molecule has 0 atom stereocenters. The summed E-state index contributed by atoms with van der Waals surface area (Å²) in [7, 11) is 0. The predicted molar refractivity (Wildman–Crippen MR) is 90.4 cm³/mol. The van der Waals surface area contributed by atoms with E-state index in [2.05, 4.69) is 9.97 Å². The monoisotopic (exact) mass is 446 g/mol. The maximum Gasteiger partial charge on any atom is 0.419 e. The summed E-state index contributed by atoms with van der Waals surface area (Å²) in [4.78, 5) is 8.66. The van der Waals surface area contributed by atoms with Crippen molar-refractivity contribution in [3.05, 3.63) is 45.7 Å². The fraction of sp³-hybridized carbons (Fsp3) is 0.375. The minimum atomic E-state index is -4.51. The molecule has 3 rings (SSSR count). The van der Waals surface area contributed by atoms with E-state index in [-0.39, 0.29) is 10.0 Å². The number of hydrogen-bond donors (Lipinski definition) is 0. The molecule has 1 fully saturated rings. The topological polar surface area (TPSA) is 34.8 Å². The first-order valence-electron chi connectivity index (χ1n) is 8.03. The van der Waals surface area contributed by atoms with Gasteiger partial charge in [-0.3, -0.25) is 9.80 Å². The zero-order chi connectivity index (χ0) is 20.7. The lowest BCUT2D eigenvalue weighted by Gasteiger charge is -2.27. The Kier molecular flexibility index (Phi) is 5.55. The molecule has 0 radical (unpaired) electrons. The van der Waals surface area contributed by atoms with Crippen molar-refractivity contribution in [3.63, 3.8) is 0 Å². The number of piperazine rings is 1. The van der Waals surface area contributed by atoms with Crippen molar-refractivity contribution < 1.29 is 36.3 Å². The molecular weight excluding hydrogens is 433 g/mol. The summed E-state index contributed by atoms with van der Waals surface area (Å²) in [6.45, 7) is 1.53. The van der Waals surface area contributed by atoms with Crippen molar-refractivity contribution >= 4 is 34.8 Å². The first-order chi connectivity index (χ1) is 13.0. The molecule has 0 bridgehead atoms. The summed E-state index contributed by atoms with van der Waals surface area (Å²) in [5, 5.41) is -0.134. The Labute approximate surface area is 165 Å². The minimum Gasteiger partial charge on any atom is -0.252 e. The maximum absolute atomic E-state index is 12.7. The highest BCUT2D eigenvalue weighted by Gasteiger charge is 2.37. The Balaban J connectivity index is 1.71. The molecule has 0 saturated carbocycles. The Morgan fingerprint density at radius 2 is 1.00 bits per heavy atom. The molecule has 0 aliphatic carbocycles. The van der Waals surface area contributed by atoms with E-state index in [4.69, 9.17) is 23.2 Å². The van der Waals surface area contributed by atoms with E-state index in [0.717, 1.165) is 24.5 Å². The van der Waals surface area contributed by atoms with Gasteiger partial charge in [0.2, 0.25) is 0 Å². The maximum atomic E-state index is 12.7. The number of rotatable bonds is 2. The zero-order valence-corrected chi connectivity index (χ0v) is 15.6. The van der Waals surface area contributed by atoms with Crippen molar-refractivity contribution in [3.8, 4) is 0 Å². The average Bonchev–Trinajstić information content (AvgIpc) is 2.60. The van der Waals surface area contributed by atoms with Gasteiger partial charge in [-0.05, 0) is 12.1 Å². The van der Waals surface area contributed by atoms with Crippen molar-refractivity contribution in [2.75, 3.05) is 36.0 Å². The summed E-state index contributed by atoms with van der Waals surface area (Å²) in [5.41, 5.74) is -1.77. The predicted octanol–water partition coefficient (Wildman–Crippen LogP) is 3.99. The van der Waals surface area contributed by atoms with Crippen LogP contribution in [0.25, 0.3) is 0 Å². The van der Waals surface area contributed by atoms with Crippen molar-refractivity contribution in [2.45, 2.75) is 12.4 Å². The van der Waals surface area contributed by atoms with Crippen molar-refractivity contribution in [2.24, 2.45) is 0 Å². The van der Waals surface area contributed by atoms with Crippen molar-refractivity contribution in [1.82, 2.24) is 0 Å². The lowest BCUT2D eigenvalue weighted by Crippen LogP contribution is -2.49. The van der Waals surface area contributed by atoms with Crippen LogP contribution >= 0.6 is 23.2 Å². The highest BCUT2D eigenvalue weighted by Crippen LogP contribution is 2.34. The van der Waals surface area contributed by atoms with Crippen LogP contribution in [-0.2, 0) is 12.4 Å². The molecule has 0 amide bonds.